The fourth-order valence-corrected chi connectivity index (χ4v) is 6.34. The Balaban J connectivity index is 1.17. The van der Waals surface area contributed by atoms with E-state index in [1.54, 1.807) is 17.5 Å². The van der Waals surface area contributed by atoms with E-state index in [0.29, 0.717) is 30.5 Å². The van der Waals surface area contributed by atoms with Gasteiger partial charge in [0.1, 0.15) is 11.0 Å². The second-order valence-corrected chi connectivity index (χ2v) is 11.4. The summed E-state index contributed by atoms with van der Waals surface area (Å²) in [5, 5.41) is 9.68. The minimum atomic E-state index is -2.60. The van der Waals surface area contributed by atoms with Gasteiger partial charge >= 0.3 is 0 Å². The molecule has 1 saturated heterocycles. The SMILES string of the molecule is FC1(F)CCN(CC2=CC(c3ccc4[nH]nc(-c5nc6c(-c7cccs7)cncc6[nH]5)c4n3)=CC3CC3=C2)C1. The van der Waals surface area contributed by atoms with E-state index in [4.69, 9.17) is 9.97 Å². The Morgan fingerprint density at radius 2 is 2.03 bits per heavy atom. The van der Waals surface area contributed by atoms with Crippen molar-refractivity contribution in [3.05, 3.63) is 77.1 Å². The van der Waals surface area contributed by atoms with Gasteiger partial charge in [0.05, 0.1) is 29.5 Å². The molecule has 1 unspecified atom stereocenters. The molecule has 194 valence electrons. The number of hydrogen-bond donors (Lipinski definition) is 2. The number of rotatable bonds is 5. The molecule has 0 bridgehead atoms. The Morgan fingerprint density at radius 1 is 1.08 bits per heavy atom. The highest BCUT2D eigenvalue weighted by Crippen LogP contribution is 2.44. The van der Waals surface area contributed by atoms with Gasteiger partial charge < -0.3 is 4.98 Å². The van der Waals surface area contributed by atoms with Crippen LogP contribution in [0.3, 0.4) is 0 Å². The first-order valence-corrected chi connectivity index (χ1v) is 13.8. The van der Waals surface area contributed by atoms with Gasteiger partial charge in [-0.05, 0) is 47.2 Å². The van der Waals surface area contributed by atoms with Crippen LogP contribution in [0.4, 0.5) is 8.78 Å². The third-order valence-corrected chi connectivity index (χ3v) is 8.53. The zero-order valence-corrected chi connectivity index (χ0v) is 21.6. The smallest absolute Gasteiger partial charge is 0.261 e. The number of nitrogens with one attached hydrogen (secondary N) is 2. The Kier molecular flexibility index (Phi) is 4.99. The van der Waals surface area contributed by atoms with Crippen LogP contribution in [0, 0.1) is 5.92 Å². The molecule has 1 atom stereocenters. The van der Waals surface area contributed by atoms with Crippen LogP contribution in [-0.2, 0) is 0 Å². The standard InChI is InChI=1S/C29H23F2N7S/c30-29(31)5-6-38(15-29)14-16-8-17-10-18(17)11-19(9-16)21-3-4-22-26(33-21)27(37-36-22)28-34-23-13-32-12-20(25(23)35-28)24-2-1-7-39-24/h1-4,7-9,11-13,18H,5-6,10,14-15H2,(H,34,35)(H,36,37). The summed E-state index contributed by atoms with van der Waals surface area (Å²) in [6.45, 7) is 0.752. The van der Waals surface area contributed by atoms with Gasteiger partial charge in [0.25, 0.3) is 5.92 Å². The molecular weight excluding hydrogens is 516 g/mol. The van der Waals surface area contributed by atoms with Crippen molar-refractivity contribution in [2.75, 3.05) is 19.6 Å². The molecule has 10 heteroatoms. The molecule has 2 aliphatic carbocycles. The van der Waals surface area contributed by atoms with E-state index in [1.807, 2.05) is 34.7 Å². The first-order chi connectivity index (χ1) is 19.0. The number of thiophene rings is 1. The van der Waals surface area contributed by atoms with Gasteiger partial charge in [0.2, 0.25) is 0 Å². The number of alkyl halides is 2. The third kappa shape index (κ3) is 4.11. The molecule has 0 aromatic carbocycles. The van der Waals surface area contributed by atoms with Crippen LogP contribution in [0.1, 0.15) is 18.5 Å². The molecule has 0 spiro atoms. The molecule has 2 N–H and O–H groups in total. The first-order valence-electron chi connectivity index (χ1n) is 13.0. The summed E-state index contributed by atoms with van der Waals surface area (Å²) in [5.74, 6) is -1.59. The van der Waals surface area contributed by atoms with Crippen LogP contribution >= 0.6 is 11.3 Å². The molecular formula is C29H23F2N7S. The van der Waals surface area contributed by atoms with Crippen LogP contribution in [0.2, 0.25) is 0 Å². The molecule has 5 aromatic rings. The number of hydrogen-bond acceptors (Lipinski definition) is 6. The molecule has 0 radical (unpaired) electrons. The lowest BCUT2D eigenvalue weighted by Gasteiger charge is -2.16. The maximum absolute atomic E-state index is 13.8. The van der Waals surface area contributed by atoms with Crippen LogP contribution in [-0.4, -0.2) is 60.6 Å². The molecule has 6 heterocycles. The predicted molar refractivity (Wildman–Crippen MR) is 148 cm³/mol. The number of aromatic amines is 2. The lowest BCUT2D eigenvalue weighted by molar-refractivity contribution is 0.0131. The zero-order chi connectivity index (χ0) is 26.1. The summed E-state index contributed by atoms with van der Waals surface area (Å²) in [6, 6.07) is 8.04. The van der Waals surface area contributed by atoms with Crippen molar-refractivity contribution in [3.8, 4) is 22.0 Å². The molecule has 5 aromatic heterocycles. The average Bonchev–Trinajstić information content (AvgIpc) is 3.38. The lowest BCUT2D eigenvalue weighted by Crippen LogP contribution is -2.26. The maximum atomic E-state index is 13.8. The number of H-pyrrole nitrogens is 2. The highest BCUT2D eigenvalue weighted by molar-refractivity contribution is 7.13. The number of imidazole rings is 1. The summed E-state index contributed by atoms with van der Waals surface area (Å²) in [4.78, 5) is 20.7. The first kappa shape index (κ1) is 22.9. The number of pyridine rings is 2. The van der Waals surface area contributed by atoms with Crippen LogP contribution < -0.4 is 0 Å². The lowest BCUT2D eigenvalue weighted by atomic mass is 10.1. The van der Waals surface area contributed by atoms with Gasteiger partial charge in [-0.15, -0.1) is 11.3 Å². The topological polar surface area (TPSA) is 86.4 Å². The van der Waals surface area contributed by atoms with Crippen molar-refractivity contribution in [2.45, 2.75) is 18.8 Å². The van der Waals surface area contributed by atoms with Gasteiger partial charge in [0.15, 0.2) is 11.5 Å². The van der Waals surface area contributed by atoms with Crippen molar-refractivity contribution >= 4 is 39.0 Å². The van der Waals surface area contributed by atoms with E-state index in [-0.39, 0.29) is 13.0 Å². The van der Waals surface area contributed by atoms with E-state index in [2.05, 4.69) is 44.5 Å². The van der Waals surface area contributed by atoms with Crippen molar-refractivity contribution in [1.82, 2.24) is 35.0 Å². The molecule has 7 nitrogen and oxygen atoms in total. The number of halogens is 2. The maximum Gasteiger partial charge on any atom is 0.261 e. The number of likely N-dealkylation sites (tertiary alicyclic amines) is 1. The minimum absolute atomic E-state index is 0.0731. The molecule has 39 heavy (non-hydrogen) atoms. The van der Waals surface area contributed by atoms with E-state index in [1.165, 1.54) is 5.57 Å². The molecule has 1 aliphatic heterocycles. The number of aromatic nitrogens is 6. The summed E-state index contributed by atoms with van der Waals surface area (Å²) < 4.78 is 27.6. The van der Waals surface area contributed by atoms with Gasteiger partial charge in [-0.1, -0.05) is 23.8 Å². The Hall–Kier alpha value is -4.02. The van der Waals surface area contributed by atoms with Crippen molar-refractivity contribution < 1.29 is 8.78 Å². The Morgan fingerprint density at radius 3 is 2.87 bits per heavy atom. The highest BCUT2D eigenvalue weighted by Gasteiger charge is 2.38. The van der Waals surface area contributed by atoms with Gasteiger partial charge in [-0.2, -0.15) is 5.10 Å². The summed E-state index contributed by atoms with van der Waals surface area (Å²) in [5.41, 5.74) is 9.07. The quantitative estimate of drug-likeness (QED) is 0.276. The second kappa shape index (κ2) is 8.49. The number of fused-ring (bicyclic) bond motifs is 3. The Labute approximate surface area is 226 Å². The summed E-state index contributed by atoms with van der Waals surface area (Å²) >= 11 is 1.65. The van der Waals surface area contributed by atoms with Crippen molar-refractivity contribution in [1.29, 1.82) is 0 Å². The molecule has 1 saturated carbocycles. The third-order valence-electron chi connectivity index (χ3n) is 7.63. The van der Waals surface area contributed by atoms with E-state index in [9.17, 15) is 8.78 Å². The second-order valence-electron chi connectivity index (χ2n) is 10.5. The zero-order valence-electron chi connectivity index (χ0n) is 20.8. The van der Waals surface area contributed by atoms with E-state index >= 15 is 0 Å². The normalized spacial score (nSPS) is 20.6. The van der Waals surface area contributed by atoms with E-state index < -0.39 is 5.92 Å². The van der Waals surface area contributed by atoms with Crippen LogP contribution in [0.25, 0.3) is 49.6 Å². The summed E-state index contributed by atoms with van der Waals surface area (Å²) in [6.07, 6.45) is 11.1. The number of allylic oxidation sites excluding steroid dienone is 4. The monoisotopic (exact) mass is 539 g/mol. The summed E-state index contributed by atoms with van der Waals surface area (Å²) in [7, 11) is 0. The van der Waals surface area contributed by atoms with Crippen LogP contribution in [0.5, 0.6) is 0 Å². The molecule has 0 amide bonds. The highest BCUT2D eigenvalue weighted by atomic mass is 32.1. The average molecular weight is 540 g/mol. The molecule has 3 aliphatic rings. The molecule has 8 rings (SSSR count). The minimum Gasteiger partial charge on any atom is -0.335 e. The predicted octanol–water partition coefficient (Wildman–Crippen LogP) is 6.24. The van der Waals surface area contributed by atoms with Crippen molar-refractivity contribution in [3.63, 3.8) is 0 Å². The van der Waals surface area contributed by atoms with Crippen LogP contribution in [0.15, 0.2) is 71.4 Å². The number of nitrogens with zero attached hydrogens (tertiary/aromatic N) is 5. The van der Waals surface area contributed by atoms with Gasteiger partial charge in [0, 0.05) is 42.1 Å². The van der Waals surface area contributed by atoms with Crippen molar-refractivity contribution in [2.24, 2.45) is 5.92 Å². The van der Waals surface area contributed by atoms with Gasteiger partial charge in [-0.3, -0.25) is 15.0 Å². The van der Waals surface area contributed by atoms with E-state index in [0.717, 1.165) is 55.8 Å². The fourth-order valence-electron chi connectivity index (χ4n) is 5.60. The Bertz CT molecular complexity index is 1840. The fraction of sp³-hybridized carbons (Fsp3) is 0.241. The largest absolute Gasteiger partial charge is 0.335 e. The molecule has 2 fully saturated rings. The van der Waals surface area contributed by atoms with Gasteiger partial charge in [-0.25, -0.2) is 18.7 Å².